The van der Waals surface area contributed by atoms with Crippen molar-refractivity contribution in [2.45, 2.75) is 59.2 Å². The van der Waals surface area contributed by atoms with E-state index in [9.17, 15) is 5.26 Å². The number of hydrogen-bond donors (Lipinski definition) is 0. The second kappa shape index (κ2) is 16.0. The molecule has 4 nitrogen and oxygen atoms in total. The van der Waals surface area contributed by atoms with Gasteiger partial charge in [-0.1, -0.05) is 156 Å². The fraction of sp³-hybridized carbons (Fsp3) is 0.180. The van der Waals surface area contributed by atoms with Gasteiger partial charge in [0.1, 0.15) is 5.58 Å². The number of pyridine rings is 2. The first kappa shape index (κ1) is 29.7. The molecule has 0 spiro atoms. The van der Waals surface area contributed by atoms with Crippen molar-refractivity contribution in [2.75, 3.05) is 0 Å². The van der Waals surface area contributed by atoms with Crippen molar-refractivity contribution in [3.8, 4) is 50.8 Å². The molecule has 8 rings (SSSR count). The summed E-state index contributed by atoms with van der Waals surface area (Å²) < 4.78 is 71.3. The molecule has 0 unspecified atom stereocenters. The first-order chi connectivity index (χ1) is 29.2. The number of fused-ring (bicyclic) bond motifs is 3. The summed E-state index contributed by atoms with van der Waals surface area (Å²) in [5.74, 6) is 0. The minimum atomic E-state index is -2.19. The molecule has 1 radical (unpaired) electrons. The van der Waals surface area contributed by atoms with Crippen molar-refractivity contribution in [3.05, 3.63) is 168 Å². The maximum Gasteiger partial charge on any atom is 0.130 e. The van der Waals surface area contributed by atoms with Crippen LogP contribution in [0.3, 0.4) is 0 Å². The molecule has 5 heteroatoms. The minimum absolute atomic E-state index is 0. The Bertz CT molecular complexity index is 2990. The van der Waals surface area contributed by atoms with Crippen molar-refractivity contribution in [3.63, 3.8) is 0 Å². The van der Waals surface area contributed by atoms with Gasteiger partial charge in [-0.05, 0) is 51.0 Å². The number of furan rings is 1. The summed E-state index contributed by atoms with van der Waals surface area (Å²) in [5.41, 5.74) is 7.69. The van der Waals surface area contributed by atoms with Gasteiger partial charge in [-0.25, -0.2) is 0 Å². The Balaban J connectivity index is 0.000000217. The van der Waals surface area contributed by atoms with Crippen molar-refractivity contribution in [1.82, 2.24) is 9.97 Å². The molecule has 0 bridgehead atoms. The van der Waals surface area contributed by atoms with E-state index >= 15 is 0 Å². The van der Waals surface area contributed by atoms with Crippen molar-refractivity contribution < 1.29 is 35.5 Å². The van der Waals surface area contributed by atoms with E-state index in [1.165, 1.54) is 0 Å². The quantitative estimate of drug-likeness (QED) is 0.165. The van der Waals surface area contributed by atoms with Gasteiger partial charge >= 0.3 is 0 Å². The number of hydrogen-bond acceptors (Lipinski definition) is 4. The minimum Gasteiger partial charge on any atom is -0.500 e. The number of nitriles is 1. The van der Waals surface area contributed by atoms with Gasteiger partial charge in [0, 0.05) is 47.6 Å². The molecule has 5 aromatic carbocycles. The van der Waals surface area contributed by atoms with Crippen LogP contribution >= 0.6 is 0 Å². The van der Waals surface area contributed by atoms with Gasteiger partial charge < -0.3 is 14.4 Å². The first-order valence-corrected chi connectivity index (χ1v) is 17.6. The second-order valence-corrected chi connectivity index (χ2v) is 15.0. The summed E-state index contributed by atoms with van der Waals surface area (Å²) in [7, 11) is 0. The molecule has 0 atom stereocenters. The van der Waals surface area contributed by atoms with E-state index in [0.29, 0.717) is 33.4 Å². The predicted octanol–water partition coefficient (Wildman–Crippen LogP) is 13.1. The van der Waals surface area contributed by atoms with Gasteiger partial charge in [0.25, 0.3) is 0 Å². The maximum atomic E-state index is 9.94. The molecule has 0 N–H and O–H groups in total. The van der Waals surface area contributed by atoms with E-state index in [2.05, 4.69) is 75.8 Å². The van der Waals surface area contributed by atoms with Crippen LogP contribution in [0, 0.1) is 30.3 Å². The third kappa shape index (κ3) is 8.08. The third-order valence-electron chi connectivity index (χ3n) is 9.26. The van der Waals surface area contributed by atoms with E-state index in [1.54, 1.807) is 24.4 Å². The molecule has 0 saturated carbocycles. The molecule has 8 aromatic rings. The Labute approximate surface area is 349 Å². The average Bonchev–Trinajstić information content (AvgIpc) is 3.64. The van der Waals surface area contributed by atoms with Crippen LogP contribution in [0.5, 0.6) is 0 Å². The molecule has 55 heavy (non-hydrogen) atoms. The van der Waals surface area contributed by atoms with E-state index in [0.717, 1.165) is 33.3 Å². The Kier molecular flexibility index (Phi) is 8.62. The summed E-state index contributed by atoms with van der Waals surface area (Å²) in [5, 5.41) is 11.4. The molecule has 0 aliphatic rings. The SMILES string of the molecule is [2H]C([2H])([2H])c1c[c-]c(-c2ccc(C(C)(C)C)cn2)cc1-c1ccccc1.[2H]c1c([2H])c([2H])c(-c2c(C#N)ccc3c2oc2c(-c4ccccn4)[c-]cc(C(C)(C)C)c23)c([2H])c1[2H].[Ir]. The third-order valence-corrected chi connectivity index (χ3v) is 9.26. The van der Waals surface area contributed by atoms with Crippen molar-refractivity contribution in [2.24, 2.45) is 0 Å². The van der Waals surface area contributed by atoms with E-state index in [1.807, 2.05) is 72.9 Å². The van der Waals surface area contributed by atoms with E-state index < -0.39 is 37.1 Å². The normalized spacial score (nSPS) is 13.7. The van der Waals surface area contributed by atoms with Gasteiger partial charge in [-0.3, -0.25) is 0 Å². The number of rotatable bonds is 4. The van der Waals surface area contributed by atoms with Crippen molar-refractivity contribution >= 4 is 21.9 Å². The van der Waals surface area contributed by atoms with Crippen LogP contribution in [0.4, 0.5) is 0 Å². The van der Waals surface area contributed by atoms with Crippen LogP contribution in [-0.4, -0.2) is 9.97 Å². The average molecular weight is 902 g/mol. The molecule has 0 aliphatic heterocycles. The molecule has 275 valence electrons. The summed E-state index contributed by atoms with van der Waals surface area (Å²) >= 11 is 0. The Morgan fingerprint density at radius 3 is 2.16 bits per heavy atom. The first-order valence-electron chi connectivity index (χ1n) is 21.6. The molecular formula is C50H43IrN3O-2. The van der Waals surface area contributed by atoms with Crippen LogP contribution in [0.25, 0.3) is 66.7 Å². The van der Waals surface area contributed by atoms with Gasteiger partial charge in [-0.15, -0.1) is 47.0 Å². The topological polar surface area (TPSA) is 62.7 Å². The smallest absolute Gasteiger partial charge is 0.130 e. The molecular weight excluding hydrogens is 851 g/mol. The van der Waals surface area contributed by atoms with Gasteiger partial charge in [0.2, 0.25) is 0 Å². The van der Waals surface area contributed by atoms with Crippen LogP contribution in [-0.2, 0) is 30.9 Å². The Hall–Kier alpha value is -5.66. The largest absolute Gasteiger partial charge is 0.500 e. The maximum absolute atomic E-state index is 9.94. The molecule has 0 saturated heterocycles. The number of aromatic nitrogens is 2. The zero-order chi connectivity index (χ0) is 44.9. The fourth-order valence-electron chi connectivity index (χ4n) is 6.39. The molecule has 0 aliphatic carbocycles. The van der Waals surface area contributed by atoms with Crippen LogP contribution in [0.1, 0.15) is 74.8 Å². The van der Waals surface area contributed by atoms with Gasteiger partial charge in [0.05, 0.1) is 24.1 Å². The van der Waals surface area contributed by atoms with Crippen molar-refractivity contribution in [1.29, 1.82) is 5.26 Å². The summed E-state index contributed by atoms with van der Waals surface area (Å²) in [6.07, 6.45) is 3.56. The summed E-state index contributed by atoms with van der Waals surface area (Å²) in [6.45, 7) is 10.5. The predicted molar refractivity (Wildman–Crippen MR) is 222 cm³/mol. The summed E-state index contributed by atoms with van der Waals surface area (Å²) in [6, 6.07) is 34.2. The summed E-state index contributed by atoms with van der Waals surface area (Å²) in [4.78, 5) is 9.03. The van der Waals surface area contributed by atoms with E-state index in [-0.39, 0.29) is 53.2 Å². The second-order valence-electron chi connectivity index (χ2n) is 15.0. The molecule has 0 amide bonds. The number of aryl methyl sites for hydroxylation is 1. The van der Waals surface area contributed by atoms with Gasteiger partial charge in [0.15, 0.2) is 0 Å². The molecule has 3 aromatic heterocycles. The monoisotopic (exact) mass is 902 g/mol. The molecule has 3 heterocycles. The number of benzene rings is 5. The van der Waals surface area contributed by atoms with E-state index in [4.69, 9.17) is 15.4 Å². The van der Waals surface area contributed by atoms with Crippen LogP contribution < -0.4 is 0 Å². The van der Waals surface area contributed by atoms with Gasteiger partial charge in [-0.2, -0.15) is 5.26 Å². The Morgan fingerprint density at radius 2 is 1.53 bits per heavy atom. The molecule has 0 fully saturated rings. The zero-order valence-corrected chi connectivity index (χ0v) is 33.8. The van der Waals surface area contributed by atoms with Crippen LogP contribution in [0.15, 0.2) is 138 Å². The Morgan fingerprint density at radius 1 is 0.764 bits per heavy atom. The van der Waals surface area contributed by atoms with Crippen LogP contribution in [0.2, 0.25) is 0 Å². The fourth-order valence-corrected chi connectivity index (χ4v) is 6.39. The number of nitrogens with zero attached hydrogens (tertiary/aromatic N) is 3. The zero-order valence-electron chi connectivity index (χ0n) is 39.4. The standard InChI is InChI=1S/C28H21N2O.C22H22N.Ir/c1-28(2,3)22-15-14-20(23-11-7-8-16-30-23)26-25(22)21-13-12-19(17-29)24(27(21)31-26)18-9-5-4-6-10-18;1-16-10-11-18(14-20(16)17-8-6-5-7-9-17)21-13-12-19(15-23-21)22(2,3)4;/h4-13,15-16H,1-3H3;5-10,12-15H,1-4H3;/q2*-1;/i4D,5D,6D,9D,10D;1D3;.